The number of esters is 1. The summed E-state index contributed by atoms with van der Waals surface area (Å²) in [5, 5.41) is 6.81. The highest BCUT2D eigenvalue weighted by molar-refractivity contribution is 6.15. The van der Waals surface area contributed by atoms with E-state index in [1.54, 1.807) is 24.3 Å². The van der Waals surface area contributed by atoms with Gasteiger partial charge in [-0.05, 0) is 49.2 Å². The van der Waals surface area contributed by atoms with Crippen LogP contribution < -0.4 is 16.0 Å². The van der Waals surface area contributed by atoms with Crippen LogP contribution in [0.2, 0.25) is 0 Å². The van der Waals surface area contributed by atoms with Crippen LogP contribution in [-0.4, -0.2) is 39.7 Å². The predicted molar refractivity (Wildman–Crippen MR) is 121 cm³/mol. The van der Waals surface area contributed by atoms with E-state index in [0.29, 0.717) is 29.8 Å². The molecule has 1 spiro atoms. The zero-order valence-electron chi connectivity index (χ0n) is 18.5. The largest absolute Gasteiger partial charge is 0.454 e. The Hall–Kier alpha value is -4.28. The molecule has 0 radical (unpaired) electrons. The van der Waals surface area contributed by atoms with Crippen molar-refractivity contribution in [2.45, 2.75) is 37.8 Å². The van der Waals surface area contributed by atoms with Crippen LogP contribution in [0.15, 0.2) is 57.7 Å². The molecule has 1 aliphatic carbocycles. The number of para-hydroxylation sites is 2. The molecular formula is C24H21FN4O6. The molecule has 1 saturated carbocycles. The van der Waals surface area contributed by atoms with Gasteiger partial charge in [0, 0.05) is 5.56 Å². The SMILES string of the molecule is O=C(Cn1nc(-c2ccc(F)cc2)oc1=O)OCC(=O)N1c2ccccc2NC(=O)C12CCCC2. The van der Waals surface area contributed by atoms with E-state index in [-0.39, 0.29) is 11.8 Å². The lowest BCUT2D eigenvalue weighted by Gasteiger charge is -2.44. The number of ether oxygens (including phenoxy) is 1. The average molecular weight is 480 g/mol. The number of benzene rings is 2. The Morgan fingerprint density at radius 3 is 2.54 bits per heavy atom. The molecule has 2 aromatic carbocycles. The molecule has 0 saturated heterocycles. The third-order valence-electron chi connectivity index (χ3n) is 6.26. The van der Waals surface area contributed by atoms with Crippen molar-refractivity contribution in [3.63, 3.8) is 0 Å². The molecule has 0 bridgehead atoms. The normalized spacial score (nSPS) is 16.1. The highest BCUT2D eigenvalue weighted by Crippen LogP contribution is 2.45. The van der Waals surface area contributed by atoms with E-state index in [4.69, 9.17) is 9.15 Å². The molecule has 1 aromatic heterocycles. The van der Waals surface area contributed by atoms with E-state index in [1.807, 2.05) is 0 Å². The van der Waals surface area contributed by atoms with Crippen LogP contribution >= 0.6 is 0 Å². The van der Waals surface area contributed by atoms with Crippen LogP contribution in [-0.2, 0) is 25.7 Å². The summed E-state index contributed by atoms with van der Waals surface area (Å²) in [5.41, 5.74) is 0.392. The monoisotopic (exact) mass is 480 g/mol. The number of nitrogens with one attached hydrogen (secondary N) is 1. The fraction of sp³-hybridized carbons (Fsp3) is 0.292. The number of fused-ring (bicyclic) bond motifs is 1. The van der Waals surface area contributed by atoms with Crippen molar-refractivity contribution in [3.05, 3.63) is 64.9 Å². The van der Waals surface area contributed by atoms with Gasteiger partial charge in [0.05, 0.1) is 11.4 Å². The number of carbonyl (C=O) groups is 3. The highest BCUT2D eigenvalue weighted by atomic mass is 19.1. The van der Waals surface area contributed by atoms with Gasteiger partial charge in [0.1, 0.15) is 17.9 Å². The lowest BCUT2D eigenvalue weighted by Crippen LogP contribution is -2.61. The second-order valence-electron chi connectivity index (χ2n) is 8.44. The summed E-state index contributed by atoms with van der Waals surface area (Å²) in [6, 6.07) is 12.1. The van der Waals surface area contributed by atoms with Crippen LogP contribution in [0, 0.1) is 5.82 Å². The number of carbonyl (C=O) groups excluding carboxylic acids is 3. The minimum atomic E-state index is -1.02. The second-order valence-corrected chi connectivity index (χ2v) is 8.44. The lowest BCUT2D eigenvalue weighted by molar-refractivity contribution is -0.149. The van der Waals surface area contributed by atoms with E-state index >= 15 is 0 Å². The van der Waals surface area contributed by atoms with Crippen molar-refractivity contribution in [3.8, 4) is 11.5 Å². The van der Waals surface area contributed by atoms with Gasteiger partial charge < -0.3 is 14.5 Å². The molecule has 35 heavy (non-hydrogen) atoms. The van der Waals surface area contributed by atoms with E-state index in [9.17, 15) is 23.6 Å². The van der Waals surface area contributed by atoms with Crippen molar-refractivity contribution in [1.82, 2.24) is 9.78 Å². The molecule has 11 heteroatoms. The number of aromatic nitrogens is 2. The molecule has 0 unspecified atom stereocenters. The first-order valence-corrected chi connectivity index (χ1v) is 11.1. The molecule has 3 aromatic rings. The Kier molecular flexibility index (Phi) is 5.67. The predicted octanol–water partition coefficient (Wildman–Crippen LogP) is 2.48. The summed E-state index contributed by atoms with van der Waals surface area (Å²) in [6.07, 6.45) is 2.61. The van der Waals surface area contributed by atoms with Crippen LogP contribution in [0.1, 0.15) is 25.7 Å². The molecular weight excluding hydrogens is 459 g/mol. The van der Waals surface area contributed by atoms with E-state index in [1.165, 1.54) is 29.2 Å². The van der Waals surface area contributed by atoms with Crippen LogP contribution in [0.5, 0.6) is 0 Å². The Balaban J connectivity index is 1.29. The Labute approximate surface area is 198 Å². The van der Waals surface area contributed by atoms with E-state index < -0.39 is 42.1 Å². The number of anilines is 2. The van der Waals surface area contributed by atoms with Crippen molar-refractivity contribution < 1.29 is 27.9 Å². The van der Waals surface area contributed by atoms with Gasteiger partial charge in [-0.15, -0.1) is 5.10 Å². The standard InChI is InChI=1S/C24H21FN4O6/c25-16-9-7-15(8-10-16)21-27-28(23(33)35-21)13-20(31)34-14-19(30)29-18-6-2-1-5-17(18)26-22(32)24(29)11-3-4-12-24/h1-2,5-10H,3-4,11-14H2,(H,26,32). The maximum Gasteiger partial charge on any atom is 0.437 e. The molecule has 1 N–H and O–H groups in total. The minimum absolute atomic E-state index is 0.0852. The highest BCUT2D eigenvalue weighted by Gasteiger charge is 2.52. The van der Waals surface area contributed by atoms with Gasteiger partial charge in [-0.3, -0.25) is 19.3 Å². The lowest BCUT2D eigenvalue weighted by atomic mass is 9.90. The van der Waals surface area contributed by atoms with Gasteiger partial charge in [0.25, 0.3) is 11.8 Å². The van der Waals surface area contributed by atoms with Gasteiger partial charge in [0.15, 0.2) is 6.61 Å². The third-order valence-corrected chi connectivity index (χ3v) is 6.26. The average Bonchev–Trinajstić information content (AvgIpc) is 3.47. The summed E-state index contributed by atoms with van der Waals surface area (Å²) < 4.78 is 24.0. The first-order chi connectivity index (χ1) is 16.9. The second kappa shape index (κ2) is 8.82. The number of amides is 2. The van der Waals surface area contributed by atoms with Gasteiger partial charge in [-0.2, -0.15) is 4.68 Å². The molecule has 5 rings (SSSR count). The molecule has 1 fully saturated rings. The fourth-order valence-corrected chi connectivity index (χ4v) is 4.62. The van der Waals surface area contributed by atoms with Gasteiger partial charge in [0.2, 0.25) is 5.89 Å². The van der Waals surface area contributed by atoms with Crippen molar-refractivity contribution in [1.29, 1.82) is 0 Å². The Bertz CT molecular complexity index is 1360. The molecule has 2 heterocycles. The summed E-state index contributed by atoms with van der Waals surface area (Å²) in [5.74, 6) is -3.12. The number of halogens is 1. The maximum absolute atomic E-state index is 13.2. The zero-order valence-corrected chi connectivity index (χ0v) is 18.5. The topological polar surface area (TPSA) is 124 Å². The van der Waals surface area contributed by atoms with Gasteiger partial charge in [-0.25, -0.2) is 9.18 Å². The fourth-order valence-electron chi connectivity index (χ4n) is 4.62. The summed E-state index contributed by atoms with van der Waals surface area (Å²) >= 11 is 0. The van der Waals surface area contributed by atoms with E-state index in [0.717, 1.165) is 17.5 Å². The number of hydrogen-bond acceptors (Lipinski definition) is 7. The third kappa shape index (κ3) is 4.09. The quantitative estimate of drug-likeness (QED) is 0.557. The molecule has 1 aliphatic heterocycles. The number of nitrogens with zero attached hydrogens (tertiary/aromatic N) is 3. The van der Waals surface area contributed by atoms with Gasteiger partial charge in [-0.1, -0.05) is 25.0 Å². The maximum atomic E-state index is 13.2. The van der Waals surface area contributed by atoms with Crippen LogP contribution in [0.25, 0.3) is 11.5 Å². The molecule has 2 aliphatic rings. The van der Waals surface area contributed by atoms with Gasteiger partial charge >= 0.3 is 11.7 Å². The first kappa shape index (κ1) is 22.5. The summed E-state index contributed by atoms with van der Waals surface area (Å²) in [4.78, 5) is 52.1. The van der Waals surface area contributed by atoms with Crippen molar-refractivity contribution in [2.75, 3.05) is 16.8 Å². The number of rotatable bonds is 5. The Morgan fingerprint density at radius 1 is 1.09 bits per heavy atom. The van der Waals surface area contributed by atoms with E-state index in [2.05, 4.69) is 10.4 Å². The smallest absolute Gasteiger partial charge is 0.437 e. The minimum Gasteiger partial charge on any atom is -0.454 e. The number of hydrogen-bond donors (Lipinski definition) is 1. The van der Waals surface area contributed by atoms with Crippen molar-refractivity contribution >= 4 is 29.2 Å². The molecule has 10 nitrogen and oxygen atoms in total. The molecule has 180 valence electrons. The Morgan fingerprint density at radius 2 is 1.80 bits per heavy atom. The van der Waals surface area contributed by atoms with Crippen LogP contribution in [0.4, 0.5) is 15.8 Å². The first-order valence-electron chi connectivity index (χ1n) is 11.1. The molecule has 0 atom stereocenters. The van der Waals surface area contributed by atoms with Crippen LogP contribution in [0.3, 0.4) is 0 Å². The zero-order chi connectivity index (χ0) is 24.6. The summed E-state index contributed by atoms with van der Waals surface area (Å²) in [6.45, 7) is -1.20. The summed E-state index contributed by atoms with van der Waals surface area (Å²) in [7, 11) is 0. The van der Waals surface area contributed by atoms with Crippen molar-refractivity contribution in [2.24, 2.45) is 0 Å². The molecule has 2 amide bonds.